The third-order valence-corrected chi connectivity index (χ3v) is 4.29. The average molecular weight is 445 g/mol. The van der Waals surface area contributed by atoms with Crippen LogP contribution in [0.1, 0.15) is 31.7 Å². The Kier molecular flexibility index (Phi) is 7.91. The van der Waals surface area contributed by atoms with Crippen LogP contribution in [0.25, 0.3) is 6.08 Å². The Hall–Kier alpha value is -3.93. The standard InChI is InChI=1S/C20H19N3O9/c1-12(6-13-2-4-14(5-3-13)23(30)31)19(28)32-20(29)9-15(24)7-16(25)10-21-22-11-17(26)8-18(20)27/h2-6,29H,7-11H2,1H3. The van der Waals surface area contributed by atoms with Crippen LogP contribution in [0.4, 0.5) is 5.69 Å². The number of nitro groups is 1. The quantitative estimate of drug-likeness (QED) is 0.177. The first-order valence-corrected chi connectivity index (χ1v) is 9.30. The van der Waals surface area contributed by atoms with Crippen LogP contribution in [0, 0.1) is 10.1 Å². The number of ketones is 4. The Morgan fingerprint density at radius 2 is 1.62 bits per heavy atom. The smallest absolute Gasteiger partial charge is 0.336 e. The minimum absolute atomic E-state index is 0.102. The fourth-order valence-corrected chi connectivity index (χ4v) is 2.66. The van der Waals surface area contributed by atoms with Gasteiger partial charge in [-0.3, -0.25) is 29.3 Å². The van der Waals surface area contributed by atoms with E-state index in [1.54, 1.807) is 0 Å². The van der Waals surface area contributed by atoms with E-state index < -0.39 is 72.2 Å². The van der Waals surface area contributed by atoms with Gasteiger partial charge in [-0.2, -0.15) is 10.2 Å². The van der Waals surface area contributed by atoms with Crippen LogP contribution in [0.5, 0.6) is 0 Å². The molecule has 0 radical (unpaired) electrons. The summed E-state index contributed by atoms with van der Waals surface area (Å²) in [5, 5.41) is 28.3. The molecule has 1 aromatic rings. The number of benzene rings is 1. The van der Waals surface area contributed by atoms with Crippen LogP contribution in [0.3, 0.4) is 0 Å². The third kappa shape index (κ3) is 6.80. The van der Waals surface area contributed by atoms with Crippen LogP contribution in [0.2, 0.25) is 0 Å². The summed E-state index contributed by atoms with van der Waals surface area (Å²) in [6.45, 7) is 0.336. The van der Waals surface area contributed by atoms with Gasteiger partial charge in [-0.25, -0.2) is 4.79 Å². The first kappa shape index (κ1) is 24.3. The van der Waals surface area contributed by atoms with E-state index in [9.17, 15) is 39.2 Å². The molecule has 0 amide bonds. The van der Waals surface area contributed by atoms with E-state index in [2.05, 4.69) is 10.2 Å². The molecular weight excluding hydrogens is 426 g/mol. The maximum Gasteiger partial charge on any atom is 0.336 e. The average Bonchev–Trinajstić information content (AvgIpc) is 2.70. The van der Waals surface area contributed by atoms with Gasteiger partial charge in [0.05, 0.1) is 24.2 Å². The molecule has 1 N–H and O–H groups in total. The highest BCUT2D eigenvalue weighted by molar-refractivity contribution is 6.08. The number of nitrogens with zero attached hydrogens (tertiary/aromatic N) is 3. The van der Waals surface area contributed by atoms with Crippen molar-refractivity contribution in [2.45, 2.75) is 32.0 Å². The zero-order valence-corrected chi connectivity index (χ0v) is 17.0. The summed E-state index contributed by atoms with van der Waals surface area (Å²) in [6.07, 6.45) is -1.27. The number of carbonyl (C=O) groups is 5. The molecule has 0 aliphatic carbocycles. The molecule has 2 rings (SSSR count). The zero-order chi connectivity index (χ0) is 23.9. The van der Waals surface area contributed by atoms with E-state index in [1.807, 2.05) is 0 Å². The van der Waals surface area contributed by atoms with Crippen molar-refractivity contribution in [3.05, 3.63) is 45.5 Å². The molecule has 1 aromatic carbocycles. The molecule has 12 heteroatoms. The summed E-state index contributed by atoms with van der Waals surface area (Å²) in [5.74, 6) is -7.66. The molecule has 0 aromatic heterocycles. The van der Waals surface area contributed by atoms with E-state index in [-0.39, 0.29) is 11.3 Å². The molecule has 168 valence electrons. The first-order valence-electron chi connectivity index (χ1n) is 9.30. The normalized spacial score (nSPS) is 21.0. The highest BCUT2D eigenvalue weighted by Crippen LogP contribution is 2.22. The van der Waals surface area contributed by atoms with Gasteiger partial charge in [-0.15, -0.1) is 0 Å². The Morgan fingerprint density at radius 3 is 2.19 bits per heavy atom. The number of hydrogen-bond donors (Lipinski definition) is 1. The lowest BCUT2D eigenvalue weighted by molar-refractivity contribution is -0.384. The van der Waals surface area contributed by atoms with Gasteiger partial charge in [-0.05, 0) is 30.7 Å². The number of ether oxygens (including phenoxy) is 1. The SMILES string of the molecule is CC(=Cc1ccc([N+](=O)[O-])cc1)C(=O)OC1(O)CC(=O)CC(=O)CN=NCC(=O)CC1=O. The first-order chi connectivity index (χ1) is 15.0. The van der Waals surface area contributed by atoms with E-state index >= 15 is 0 Å². The molecule has 0 spiro atoms. The molecule has 0 saturated carbocycles. The summed E-state index contributed by atoms with van der Waals surface area (Å²) in [6, 6.07) is 5.17. The summed E-state index contributed by atoms with van der Waals surface area (Å²) in [4.78, 5) is 70.7. The Balaban J connectivity index is 2.24. The number of Topliss-reactive ketones (excluding diaryl/α,β-unsaturated/α-hetero) is 4. The monoisotopic (exact) mass is 445 g/mol. The van der Waals surface area contributed by atoms with Gasteiger partial charge < -0.3 is 9.84 Å². The molecule has 1 unspecified atom stereocenters. The van der Waals surface area contributed by atoms with Crippen LogP contribution >= 0.6 is 0 Å². The number of esters is 1. The van der Waals surface area contributed by atoms with Gasteiger partial charge in [0.15, 0.2) is 11.6 Å². The van der Waals surface area contributed by atoms with Gasteiger partial charge in [0, 0.05) is 17.7 Å². The third-order valence-electron chi connectivity index (χ3n) is 4.29. The number of nitro benzene ring substituents is 1. The highest BCUT2D eigenvalue weighted by atomic mass is 16.7. The lowest BCUT2D eigenvalue weighted by Gasteiger charge is -2.26. The number of carbonyl (C=O) groups excluding carboxylic acids is 5. The highest BCUT2D eigenvalue weighted by Gasteiger charge is 2.43. The van der Waals surface area contributed by atoms with Gasteiger partial charge in [0.25, 0.3) is 11.5 Å². The molecule has 0 bridgehead atoms. The van der Waals surface area contributed by atoms with E-state index in [4.69, 9.17) is 4.74 Å². The Bertz CT molecular complexity index is 1030. The molecule has 1 heterocycles. The Morgan fingerprint density at radius 1 is 1.06 bits per heavy atom. The van der Waals surface area contributed by atoms with Crippen molar-refractivity contribution in [3.63, 3.8) is 0 Å². The summed E-state index contributed by atoms with van der Waals surface area (Å²) < 4.78 is 4.90. The molecule has 12 nitrogen and oxygen atoms in total. The van der Waals surface area contributed by atoms with Crippen molar-refractivity contribution in [1.82, 2.24) is 0 Å². The molecule has 32 heavy (non-hydrogen) atoms. The number of azo groups is 1. The van der Waals surface area contributed by atoms with E-state index in [1.165, 1.54) is 37.3 Å². The predicted octanol–water partition coefficient (Wildman–Crippen LogP) is 1.14. The number of rotatable bonds is 4. The molecule has 1 aliphatic heterocycles. The van der Waals surface area contributed by atoms with Gasteiger partial charge in [0.2, 0.25) is 5.78 Å². The van der Waals surface area contributed by atoms with Crippen molar-refractivity contribution in [3.8, 4) is 0 Å². The van der Waals surface area contributed by atoms with Crippen molar-refractivity contribution in [2.75, 3.05) is 13.1 Å². The largest absolute Gasteiger partial charge is 0.422 e. The fraction of sp³-hybridized carbons (Fsp3) is 0.350. The molecule has 0 fully saturated rings. The summed E-state index contributed by atoms with van der Waals surface area (Å²) in [5.41, 5.74) is 0.131. The molecule has 0 saturated heterocycles. The lowest BCUT2D eigenvalue weighted by atomic mass is 9.98. The second-order valence-electron chi connectivity index (χ2n) is 7.02. The second kappa shape index (κ2) is 10.4. The zero-order valence-electron chi connectivity index (χ0n) is 17.0. The topological polar surface area (TPSA) is 183 Å². The molecule has 1 aliphatic rings. The summed E-state index contributed by atoms with van der Waals surface area (Å²) >= 11 is 0. The Labute approximate surface area is 181 Å². The van der Waals surface area contributed by atoms with Crippen molar-refractivity contribution in [1.29, 1.82) is 0 Å². The van der Waals surface area contributed by atoms with Crippen LogP contribution in [-0.2, 0) is 28.7 Å². The maximum atomic E-state index is 12.5. The molecular formula is C20H19N3O9. The minimum Gasteiger partial charge on any atom is -0.422 e. The minimum atomic E-state index is -2.95. The van der Waals surface area contributed by atoms with Crippen molar-refractivity contribution < 1.29 is 38.7 Å². The van der Waals surface area contributed by atoms with Gasteiger partial charge in [-0.1, -0.05) is 0 Å². The van der Waals surface area contributed by atoms with Gasteiger partial charge in [0.1, 0.15) is 18.9 Å². The van der Waals surface area contributed by atoms with Crippen molar-refractivity contribution in [2.24, 2.45) is 10.2 Å². The molecule has 1 atom stereocenters. The second-order valence-corrected chi connectivity index (χ2v) is 7.02. The van der Waals surface area contributed by atoms with Crippen LogP contribution in [-0.4, -0.2) is 58.0 Å². The number of non-ortho nitro benzene ring substituents is 1. The van der Waals surface area contributed by atoms with Crippen LogP contribution < -0.4 is 0 Å². The van der Waals surface area contributed by atoms with E-state index in [0.29, 0.717) is 5.56 Å². The summed E-state index contributed by atoms with van der Waals surface area (Å²) in [7, 11) is 0. The maximum absolute atomic E-state index is 12.5. The van der Waals surface area contributed by atoms with Crippen molar-refractivity contribution >= 4 is 40.9 Å². The number of aliphatic hydroxyl groups is 1. The van der Waals surface area contributed by atoms with E-state index in [0.717, 1.165) is 0 Å². The van der Waals surface area contributed by atoms with Gasteiger partial charge >= 0.3 is 5.97 Å². The lowest BCUT2D eigenvalue weighted by Crippen LogP contribution is -2.46. The van der Waals surface area contributed by atoms with Crippen LogP contribution in [0.15, 0.2) is 40.1 Å². The fourth-order valence-electron chi connectivity index (χ4n) is 2.66. The predicted molar refractivity (Wildman–Crippen MR) is 106 cm³/mol. The number of hydrogen-bond acceptors (Lipinski definition) is 11.